The Morgan fingerprint density at radius 3 is 2.38 bits per heavy atom. The van der Waals surface area contributed by atoms with Crippen molar-refractivity contribution in [3.05, 3.63) is 62.9 Å². The molecule has 2 aromatic rings. The number of alkyl carbamates (subject to hydrolysis) is 1. The number of halogens is 3. The Labute approximate surface area is 239 Å². The summed E-state index contributed by atoms with van der Waals surface area (Å²) >= 11 is 12.4. The monoisotopic (exact) mass is 601 g/mol. The lowest BCUT2D eigenvalue weighted by molar-refractivity contribution is 0.0477. The molecule has 2 aromatic carbocycles. The molecule has 214 valence electrons. The number of amides is 2. The fourth-order valence-electron chi connectivity index (χ4n) is 4.24. The molecule has 1 heterocycles. The Balaban J connectivity index is 1.61. The Kier molecular flexibility index (Phi) is 10.3. The van der Waals surface area contributed by atoms with Crippen molar-refractivity contribution in [3.8, 4) is 0 Å². The van der Waals surface area contributed by atoms with Gasteiger partial charge in [-0.25, -0.2) is 17.6 Å². The number of carbonyl (C=O) groups is 2. The van der Waals surface area contributed by atoms with Crippen molar-refractivity contribution >= 4 is 45.0 Å². The maximum Gasteiger partial charge on any atom is 0.407 e. The molecule has 8 nitrogen and oxygen atoms in total. The Bertz CT molecular complexity index is 1300. The lowest BCUT2D eigenvalue weighted by Gasteiger charge is -2.33. The van der Waals surface area contributed by atoms with Crippen LogP contribution in [0, 0.1) is 5.82 Å². The summed E-state index contributed by atoms with van der Waals surface area (Å²) in [5, 5.41) is 5.95. The number of sulfone groups is 1. The van der Waals surface area contributed by atoms with Gasteiger partial charge in [-0.1, -0.05) is 30.1 Å². The molecule has 39 heavy (non-hydrogen) atoms. The molecule has 1 aliphatic rings. The van der Waals surface area contributed by atoms with Crippen LogP contribution < -0.4 is 10.6 Å². The smallest absolute Gasteiger partial charge is 0.407 e. The first-order valence-corrected chi connectivity index (χ1v) is 15.1. The van der Waals surface area contributed by atoms with Gasteiger partial charge in [-0.05, 0) is 69.5 Å². The van der Waals surface area contributed by atoms with Crippen LogP contribution in [0.5, 0.6) is 0 Å². The van der Waals surface area contributed by atoms with Crippen LogP contribution in [0.15, 0.2) is 35.2 Å². The highest BCUT2D eigenvalue weighted by molar-refractivity contribution is 7.91. The fourth-order valence-corrected chi connectivity index (χ4v) is 5.82. The molecule has 0 radical (unpaired) electrons. The van der Waals surface area contributed by atoms with Crippen LogP contribution in [0.25, 0.3) is 0 Å². The average molecular weight is 603 g/mol. The second-order valence-electron chi connectivity index (χ2n) is 10.5. The summed E-state index contributed by atoms with van der Waals surface area (Å²) in [6.45, 7) is 8.34. The number of hydrogen-bond acceptors (Lipinski definition) is 6. The molecule has 0 atom stereocenters. The summed E-state index contributed by atoms with van der Waals surface area (Å²) in [5.41, 5.74) is 0.0579. The predicted molar refractivity (Wildman–Crippen MR) is 149 cm³/mol. The molecule has 0 spiro atoms. The van der Waals surface area contributed by atoms with E-state index >= 15 is 4.39 Å². The highest BCUT2D eigenvalue weighted by Crippen LogP contribution is 2.26. The molecule has 1 aliphatic heterocycles. The van der Waals surface area contributed by atoms with E-state index in [-0.39, 0.29) is 45.9 Å². The van der Waals surface area contributed by atoms with Gasteiger partial charge in [-0.3, -0.25) is 9.69 Å². The third-order valence-electron chi connectivity index (χ3n) is 6.27. The number of rotatable bonds is 8. The van der Waals surface area contributed by atoms with Crippen LogP contribution in [0.2, 0.25) is 10.0 Å². The molecular weight excluding hydrogens is 568 g/mol. The van der Waals surface area contributed by atoms with Crippen molar-refractivity contribution in [3.63, 3.8) is 0 Å². The largest absolute Gasteiger partial charge is 0.444 e. The maximum atomic E-state index is 15.1. The summed E-state index contributed by atoms with van der Waals surface area (Å²) in [4.78, 5) is 26.9. The van der Waals surface area contributed by atoms with Gasteiger partial charge < -0.3 is 15.4 Å². The Morgan fingerprint density at radius 2 is 1.79 bits per heavy atom. The summed E-state index contributed by atoms with van der Waals surface area (Å²) in [7, 11) is -3.53. The zero-order valence-electron chi connectivity index (χ0n) is 22.4. The van der Waals surface area contributed by atoms with E-state index in [1.165, 1.54) is 31.2 Å². The molecule has 0 aliphatic carbocycles. The topological polar surface area (TPSA) is 105 Å². The second kappa shape index (κ2) is 12.8. The van der Waals surface area contributed by atoms with Crippen LogP contribution in [-0.2, 0) is 27.7 Å². The second-order valence-corrected chi connectivity index (χ2v) is 13.5. The molecule has 2 amide bonds. The zero-order chi connectivity index (χ0) is 29.0. The SMILES string of the molecule is CCS(=O)(=O)c1ccc(Cl)cc1CNC(=O)c1cc(F)c(CN2CCC(NC(=O)OC(C)(C)C)CC2)c(Cl)c1. The number of hydrogen-bond donors (Lipinski definition) is 2. The molecule has 3 rings (SSSR count). The van der Waals surface area contributed by atoms with Gasteiger partial charge >= 0.3 is 6.09 Å². The lowest BCUT2D eigenvalue weighted by Crippen LogP contribution is -2.45. The van der Waals surface area contributed by atoms with Gasteiger partial charge in [-0.15, -0.1) is 0 Å². The van der Waals surface area contributed by atoms with Gasteiger partial charge in [-0.2, -0.15) is 0 Å². The standard InChI is InChI=1S/C27H34Cl2FN3O5S/c1-5-39(36,37)24-7-6-19(28)12-18(24)15-31-25(34)17-13-22(29)21(23(30)14-17)16-33-10-8-20(9-11-33)32-26(35)38-27(2,3)4/h6-7,12-14,20H,5,8-11,15-16H2,1-4H3,(H,31,34)(H,32,35). The molecule has 1 saturated heterocycles. The summed E-state index contributed by atoms with van der Waals surface area (Å²) in [5.74, 6) is -1.31. The van der Waals surface area contributed by atoms with E-state index in [0.29, 0.717) is 36.5 Å². The van der Waals surface area contributed by atoms with Crippen molar-refractivity contribution in [2.24, 2.45) is 0 Å². The lowest BCUT2D eigenvalue weighted by atomic mass is 10.0. The van der Waals surface area contributed by atoms with Crippen LogP contribution in [0.4, 0.5) is 9.18 Å². The fraction of sp³-hybridized carbons (Fsp3) is 0.481. The van der Waals surface area contributed by atoms with Crippen LogP contribution in [0.1, 0.15) is 62.0 Å². The molecule has 0 aromatic heterocycles. The normalized spacial score (nSPS) is 15.2. The van der Waals surface area contributed by atoms with Gasteiger partial charge in [0, 0.05) is 53.4 Å². The average Bonchev–Trinajstić information content (AvgIpc) is 2.84. The van der Waals surface area contributed by atoms with Crippen LogP contribution >= 0.6 is 23.2 Å². The zero-order valence-corrected chi connectivity index (χ0v) is 24.8. The molecule has 1 fully saturated rings. The number of ether oxygens (including phenoxy) is 1. The van der Waals surface area contributed by atoms with E-state index in [4.69, 9.17) is 27.9 Å². The number of benzene rings is 2. The Hall–Kier alpha value is -2.40. The molecule has 0 bridgehead atoms. The summed E-state index contributed by atoms with van der Waals surface area (Å²) in [6, 6.07) is 6.85. The first-order valence-electron chi connectivity index (χ1n) is 12.7. The van der Waals surface area contributed by atoms with E-state index in [1.54, 1.807) is 20.8 Å². The van der Waals surface area contributed by atoms with E-state index in [1.807, 2.05) is 4.90 Å². The number of piperidine rings is 1. The number of nitrogens with one attached hydrogen (secondary N) is 2. The quantitative estimate of drug-likeness (QED) is 0.423. The predicted octanol–water partition coefficient (Wildman–Crippen LogP) is 5.35. The molecule has 0 saturated carbocycles. The van der Waals surface area contributed by atoms with Crippen molar-refractivity contribution < 1.29 is 27.1 Å². The minimum absolute atomic E-state index is 0.0171. The Morgan fingerprint density at radius 1 is 1.13 bits per heavy atom. The first kappa shape index (κ1) is 31.1. The van der Waals surface area contributed by atoms with Crippen molar-refractivity contribution in [1.29, 1.82) is 0 Å². The summed E-state index contributed by atoms with van der Waals surface area (Å²) in [6.07, 6.45) is 0.902. The molecule has 2 N–H and O–H groups in total. The van der Waals surface area contributed by atoms with Crippen molar-refractivity contribution in [2.75, 3.05) is 18.8 Å². The molecular formula is C27H34Cl2FN3O5S. The van der Waals surface area contributed by atoms with E-state index in [9.17, 15) is 18.0 Å². The van der Waals surface area contributed by atoms with Gasteiger partial charge in [0.25, 0.3) is 5.91 Å². The van der Waals surface area contributed by atoms with E-state index in [0.717, 1.165) is 6.07 Å². The minimum atomic E-state index is -3.53. The van der Waals surface area contributed by atoms with Gasteiger partial charge in [0.15, 0.2) is 9.84 Å². The van der Waals surface area contributed by atoms with Gasteiger partial charge in [0.1, 0.15) is 11.4 Å². The van der Waals surface area contributed by atoms with E-state index in [2.05, 4.69) is 10.6 Å². The number of likely N-dealkylation sites (tertiary alicyclic amines) is 1. The van der Waals surface area contributed by atoms with Crippen LogP contribution in [0.3, 0.4) is 0 Å². The number of nitrogens with zero attached hydrogens (tertiary/aromatic N) is 1. The van der Waals surface area contributed by atoms with Gasteiger partial charge in [0.2, 0.25) is 0 Å². The maximum absolute atomic E-state index is 15.1. The van der Waals surface area contributed by atoms with E-state index < -0.39 is 33.3 Å². The van der Waals surface area contributed by atoms with Crippen molar-refractivity contribution in [1.82, 2.24) is 15.5 Å². The third-order valence-corrected chi connectivity index (χ3v) is 8.67. The number of carbonyl (C=O) groups excluding carboxylic acids is 2. The highest BCUT2D eigenvalue weighted by Gasteiger charge is 2.25. The minimum Gasteiger partial charge on any atom is -0.444 e. The highest BCUT2D eigenvalue weighted by atomic mass is 35.5. The van der Waals surface area contributed by atoms with Crippen molar-refractivity contribution in [2.45, 2.75) is 70.2 Å². The summed E-state index contributed by atoms with van der Waals surface area (Å²) < 4.78 is 45.2. The molecule has 12 heteroatoms. The first-order chi connectivity index (χ1) is 18.2. The third kappa shape index (κ3) is 8.79. The molecule has 0 unspecified atom stereocenters. The van der Waals surface area contributed by atoms with Gasteiger partial charge in [0.05, 0.1) is 10.6 Å². The van der Waals surface area contributed by atoms with Crippen LogP contribution in [-0.4, -0.2) is 55.8 Å².